The van der Waals surface area contributed by atoms with Crippen LogP contribution in [0.3, 0.4) is 0 Å². The van der Waals surface area contributed by atoms with E-state index in [4.69, 9.17) is 4.42 Å². The number of furan rings is 1. The Morgan fingerprint density at radius 2 is 1.08 bits per heavy atom. The predicted molar refractivity (Wildman–Crippen MR) is 214 cm³/mol. The lowest BCUT2D eigenvalue weighted by Crippen LogP contribution is -2.16. The van der Waals surface area contributed by atoms with Gasteiger partial charge in [0.15, 0.2) is 0 Å². The Morgan fingerprint density at radius 1 is 0.451 bits per heavy atom. The fourth-order valence-electron chi connectivity index (χ4n) is 8.28. The molecule has 9 aromatic rings. The third kappa shape index (κ3) is 4.64. The second-order valence-electron chi connectivity index (χ2n) is 14.1. The van der Waals surface area contributed by atoms with Crippen molar-refractivity contribution in [2.45, 2.75) is 19.3 Å². The maximum atomic E-state index is 6.89. The van der Waals surface area contributed by atoms with Crippen molar-refractivity contribution in [2.24, 2.45) is 0 Å². The number of hydrogen-bond donors (Lipinski definition) is 0. The molecule has 242 valence electrons. The average molecular weight is 654 g/mol. The summed E-state index contributed by atoms with van der Waals surface area (Å²) >= 11 is 0. The van der Waals surface area contributed by atoms with Gasteiger partial charge in [-0.1, -0.05) is 147 Å². The Bertz CT molecular complexity index is 2760. The molecule has 0 N–H and O–H groups in total. The van der Waals surface area contributed by atoms with Crippen LogP contribution in [0.2, 0.25) is 0 Å². The van der Waals surface area contributed by atoms with Crippen LogP contribution in [0.5, 0.6) is 0 Å². The van der Waals surface area contributed by atoms with E-state index in [9.17, 15) is 0 Å². The van der Waals surface area contributed by atoms with E-state index in [1.165, 1.54) is 38.8 Å². The molecule has 0 spiro atoms. The first kappa shape index (κ1) is 29.5. The molecule has 2 nitrogen and oxygen atoms in total. The van der Waals surface area contributed by atoms with Gasteiger partial charge in [-0.3, -0.25) is 0 Å². The van der Waals surface area contributed by atoms with Gasteiger partial charge in [-0.15, -0.1) is 0 Å². The third-order valence-electron chi connectivity index (χ3n) is 10.8. The van der Waals surface area contributed by atoms with Crippen LogP contribution in [0.1, 0.15) is 25.0 Å². The van der Waals surface area contributed by atoms with Crippen molar-refractivity contribution in [3.8, 4) is 33.4 Å². The monoisotopic (exact) mass is 653 g/mol. The van der Waals surface area contributed by atoms with Crippen molar-refractivity contribution in [1.82, 2.24) is 0 Å². The summed E-state index contributed by atoms with van der Waals surface area (Å²) in [5.41, 5.74) is 14.9. The molecule has 0 atom stereocenters. The molecule has 0 fully saturated rings. The summed E-state index contributed by atoms with van der Waals surface area (Å²) in [6.45, 7) is 4.70. The number of benzene rings is 8. The Kier molecular flexibility index (Phi) is 6.56. The maximum Gasteiger partial charge on any atom is 0.143 e. The van der Waals surface area contributed by atoms with Crippen molar-refractivity contribution in [3.05, 3.63) is 187 Å². The highest BCUT2D eigenvalue weighted by atomic mass is 16.3. The number of hydrogen-bond acceptors (Lipinski definition) is 2. The van der Waals surface area contributed by atoms with Gasteiger partial charge in [0, 0.05) is 27.6 Å². The Hall–Kier alpha value is -6.38. The Balaban J connectivity index is 1.27. The van der Waals surface area contributed by atoms with E-state index in [-0.39, 0.29) is 5.41 Å². The molecular weight excluding hydrogens is 619 g/mol. The molecular formula is C49H35NO. The van der Waals surface area contributed by atoms with Crippen molar-refractivity contribution in [1.29, 1.82) is 0 Å². The minimum atomic E-state index is -0.132. The molecule has 0 unspecified atom stereocenters. The molecule has 51 heavy (non-hydrogen) atoms. The van der Waals surface area contributed by atoms with E-state index in [0.717, 1.165) is 55.5 Å². The summed E-state index contributed by atoms with van der Waals surface area (Å²) < 4.78 is 6.89. The topological polar surface area (TPSA) is 16.4 Å². The molecule has 0 bridgehead atoms. The van der Waals surface area contributed by atoms with Gasteiger partial charge in [-0.2, -0.15) is 0 Å². The summed E-state index contributed by atoms with van der Waals surface area (Å²) in [5, 5.41) is 4.50. The first-order chi connectivity index (χ1) is 25.0. The molecule has 0 saturated carbocycles. The largest absolute Gasteiger partial charge is 0.455 e. The molecule has 0 amide bonds. The molecule has 1 aliphatic carbocycles. The first-order valence-corrected chi connectivity index (χ1v) is 17.7. The normalized spacial score (nSPS) is 13.1. The minimum absolute atomic E-state index is 0.132. The molecule has 0 aliphatic heterocycles. The molecule has 1 aromatic heterocycles. The maximum absolute atomic E-state index is 6.89. The summed E-state index contributed by atoms with van der Waals surface area (Å²) in [7, 11) is 0. The van der Waals surface area contributed by atoms with Crippen molar-refractivity contribution >= 4 is 49.8 Å². The van der Waals surface area contributed by atoms with Gasteiger partial charge in [0.2, 0.25) is 0 Å². The molecule has 1 heterocycles. The van der Waals surface area contributed by atoms with Gasteiger partial charge >= 0.3 is 0 Å². The Morgan fingerprint density at radius 3 is 1.86 bits per heavy atom. The van der Waals surface area contributed by atoms with E-state index in [1.54, 1.807) is 0 Å². The molecule has 1 aliphatic rings. The zero-order valence-electron chi connectivity index (χ0n) is 28.6. The Labute approximate surface area is 297 Å². The second kappa shape index (κ2) is 11.3. The van der Waals surface area contributed by atoms with Crippen LogP contribution in [0, 0.1) is 0 Å². The van der Waals surface area contributed by atoms with Crippen LogP contribution in [0.15, 0.2) is 180 Å². The van der Waals surface area contributed by atoms with Crippen LogP contribution < -0.4 is 4.90 Å². The first-order valence-electron chi connectivity index (χ1n) is 17.7. The number of anilines is 3. The summed E-state index contributed by atoms with van der Waals surface area (Å²) in [5.74, 6) is 0. The fourth-order valence-corrected chi connectivity index (χ4v) is 8.28. The zero-order chi connectivity index (χ0) is 34.1. The summed E-state index contributed by atoms with van der Waals surface area (Å²) in [4.78, 5) is 2.44. The quantitative estimate of drug-likeness (QED) is 0.184. The van der Waals surface area contributed by atoms with Gasteiger partial charge in [0.1, 0.15) is 11.2 Å². The van der Waals surface area contributed by atoms with Gasteiger partial charge in [0.05, 0.1) is 11.1 Å². The SMILES string of the molecule is CC1(C)c2ccccc2-c2ccc(N(c3ccc(-c4ccccc4)cc3)c3cc(-c4ccccc4)cc4oc5c6ccccc6ccc5c34)cc21. The van der Waals surface area contributed by atoms with Gasteiger partial charge in [-0.25, -0.2) is 0 Å². The van der Waals surface area contributed by atoms with E-state index >= 15 is 0 Å². The van der Waals surface area contributed by atoms with Crippen LogP contribution in [-0.4, -0.2) is 0 Å². The lowest BCUT2D eigenvalue weighted by atomic mass is 9.82. The van der Waals surface area contributed by atoms with E-state index < -0.39 is 0 Å². The fraction of sp³-hybridized carbons (Fsp3) is 0.0612. The van der Waals surface area contributed by atoms with E-state index in [0.29, 0.717) is 0 Å². The van der Waals surface area contributed by atoms with E-state index in [1.807, 2.05) is 0 Å². The van der Waals surface area contributed by atoms with Gasteiger partial charge < -0.3 is 9.32 Å². The van der Waals surface area contributed by atoms with Gasteiger partial charge in [-0.05, 0) is 92.4 Å². The lowest BCUT2D eigenvalue weighted by Gasteiger charge is -2.29. The zero-order valence-corrected chi connectivity index (χ0v) is 28.6. The minimum Gasteiger partial charge on any atom is -0.455 e. The highest BCUT2D eigenvalue weighted by Crippen LogP contribution is 2.52. The van der Waals surface area contributed by atoms with Gasteiger partial charge in [0.25, 0.3) is 0 Å². The molecule has 0 saturated heterocycles. The number of rotatable bonds is 5. The van der Waals surface area contributed by atoms with E-state index in [2.05, 4.69) is 195 Å². The molecule has 10 rings (SSSR count). The third-order valence-corrected chi connectivity index (χ3v) is 10.8. The molecule has 8 aromatic carbocycles. The summed E-state index contributed by atoms with van der Waals surface area (Å²) in [6.07, 6.45) is 0. The number of fused-ring (bicyclic) bond motifs is 8. The highest BCUT2D eigenvalue weighted by molar-refractivity contribution is 6.20. The lowest BCUT2D eigenvalue weighted by molar-refractivity contribution is 0.660. The van der Waals surface area contributed by atoms with Crippen LogP contribution in [0.25, 0.3) is 66.1 Å². The van der Waals surface area contributed by atoms with Crippen molar-refractivity contribution in [2.75, 3.05) is 4.90 Å². The molecule has 0 radical (unpaired) electrons. The highest BCUT2D eigenvalue weighted by Gasteiger charge is 2.36. The smallest absolute Gasteiger partial charge is 0.143 e. The van der Waals surface area contributed by atoms with Crippen molar-refractivity contribution in [3.63, 3.8) is 0 Å². The van der Waals surface area contributed by atoms with Crippen molar-refractivity contribution < 1.29 is 4.42 Å². The van der Waals surface area contributed by atoms with Crippen LogP contribution in [-0.2, 0) is 5.41 Å². The number of nitrogens with zero attached hydrogens (tertiary/aromatic N) is 1. The standard InChI is InChI=1S/C49H35NO/c1-49(2)43-20-12-11-19-40(43)41-28-26-38(31-44(41)49)50(37-24-21-34(22-25-37)32-13-5-3-6-14-32)45-29-36(33-15-7-4-8-16-33)30-46-47(45)42-27-23-35-17-9-10-18-39(35)48(42)51-46/h3-31H,1-2H3. The predicted octanol–water partition coefficient (Wildman–Crippen LogP) is 13.8. The second-order valence-corrected chi connectivity index (χ2v) is 14.1. The summed E-state index contributed by atoms with van der Waals surface area (Å²) in [6, 6.07) is 63.6. The van der Waals surface area contributed by atoms with Crippen LogP contribution in [0.4, 0.5) is 17.1 Å². The average Bonchev–Trinajstić information content (AvgIpc) is 3.68. The molecule has 2 heteroatoms. The van der Waals surface area contributed by atoms with Crippen LogP contribution >= 0.6 is 0 Å².